The number of carbonyl (C=O) groups is 2. The van der Waals surface area contributed by atoms with Gasteiger partial charge in [0.25, 0.3) is 0 Å². The molecule has 16 heavy (non-hydrogen) atoms. The smallest absolute Gasteiger partial charge is 0.355 e. The Labute approximate surface area is 94.0 Å². The number of ether oxygens (including phenoxy) is 2. The summed E-state index contributed by atoms with van der Waals surface area (Å²) in [6.07, 6.45) is 0. The van der Waals surface area contributed by atoms with E-state index in [0.717, 1.165) is 5.56 Å². The fraction of sp³-hybridized carbons (Fsp3) is 0.455. The van der Waals surface area contributed by atoms with Crippen molar-refractivity contribution in [3.63, 3.8) is 0 Å². The highest BCUT2D eigenvalue weighted by Crippen LogP contribution is 2.22. The van der Waals surface area contributed by atoms with Crippen LogP contribution in [0.2, 0.25) is 0 Å². The zero-order valence-electron chi connectivity index (χ0n) is 9.86. The third-order valence-electron chi connectivity index (χ3n) is 2.08. The molecule has 5 heteroatoms. The average molecular weight is 225 g/mol. The highest BCUT2D eigenvalue weighted by molar-refractivity contribution is 5.88. The predicted octanol–water partition coefficient (Wildman–Crippen LogP) is 1.44. The van der Waals surface area contributed by atoms with Crippen molar-refractivity contribution in [3.8, 4) is 5.88 Å². The molecule has 0 aliphatic carbocycles. The molecule has 0 saturated heterocycles. The van der Waals surface area contributed by atoms with Crippen LogP contribution in [0.25, 0.3) is 0 Å². The summed E-state index contributed by atoms with van der Waals surface area (Å²) in [4.78, 5) is 22.4. The van der Waals surface area contributed by atoms with Crippen molar-refractivity contribution in [2.75, 3.05) is 6.61 Å². The van der Waals surface area contributed by atoms with E-state index in [4.69, 9.17) is 9.47 Å². The number of hydrogen-bond donors (Lipinski definition) is 0. The molecule has 0 spiro atoms. The van der Waals surface area contributed by atoms with E-state index in [2.05, 4.69) is 0 Å². The van der Waals surface area contributed by atoms with Crippen molar-refractivity contribution in [1.29, 1.82) is 0 Å². The van der Waals surface area contributed by atoms with E-state index in [1.54, 1.807) is 27.0 Å². The van der Waals surface area contributed by atoms with Gasteiger partial charge in [-0.2, -0.15) is 0 Å². The fourth-order valence-electron chi connectivity index (χ4n) is 1.42. The van der Waals surface area contributed by atoms with E-state index in [-0.39, 0.29) is 0 Å². The Morgan fingerprint density at radius 2 is 2.06 bits per heavy atom. The van der Waals surface area contributed by atoms with Crippen LogP contribution in [0.1, 0.15) is 29.9 Å². The summed E-state index contributed by atoms with van der Waals surface area (Å²) in [5.74, 6) is -0.471. The Balaban J connectivity index is 3.06. The predicted molar refractivity (Wildman–Crippen MR) is 57.4 cm³/mol. The van der Waals surface area contributed by atoms with Gasteiger partial charge in [0.1, 0.15) is 5.69 Å². The highest BCUT2D eigenvalue weighted by Gasteiger charge is 2.18. The largest absolute Gasteiger partial charge is 0.461 e. The molecule has 1 aromatic heterocycles. The lowest BCUT2D eigenvalue weighted by atomic mass is 10.3. The summed E-state index contributed by atoms with van der Waals surface area (Å²) < 4.78 is 11.4. The standard InChI is InChI=1S/C11H15NO4/c1-5-15-11(14)9-6-7(2)10(12(9)4)16-8(3)13/h6H,5H2,1-4H3. The number of hydrogen-bond acceptors (Lipinski definition) is 4. The van der Waals surface area contributed by atoms with E-state index < -0.39 is 11.9 Å². The first-order chi connectivity index (χ1) is 7.47. The van der Waals surface area contributed by atoms with E-state index >= 15 is 0 Å². The van der Waals surface area contributed by atoms with Crippen molar-refractivity contribution in [1.82, 2.24) is 4.57 Å². The molecule has 5 nitrogen and oxygen atoms in total. The van der Waals surface area contributed by atoms with Gasteiger partial charge in [0.15, 0.2) is 0 Å². The molecule has 0 N–H and O–H groups in total. The molecule has 0 unspecified atom stereocenters. The lowest BCUT2D eigenvalue weighted by molar-refractivity contribution is -0.132. The number of nitrogens with zero attached hydrogens (tertiary/aromatic N) is 1. The van der Waals surface area contributed by atoms with Crippen LogP contribution in [0.3, 0.4) is 0 Å². The third-order valence-corrected chi connectivity index (χ3v) is 2.08. The number of esters is 2. The van der Waals surface area contributed by atoms with Crippen LogP contribution in [-0.4, -0.2) is 23.1 Å². The lowest BCUT2D eigenvalue weighted by Crippen LogP contribution is -2.12. The second-order valence-electron chi connectivity index (χ2n) is 3.39. The van der Waals surface area contributed by atoms with Gasteiger partial charge in [0, 0.05) is 19.5 Å². The molecular weight excluding hydrogens is 210 g/mol. The maximum atomic E-state index is 11.5. The van der Waals surface area contributed by atoms with Crippen LogP contribution < -0.4 is 4.74 Å². The molecule has 0 radical (unpaired) electrons. The van der Waals surface area contributed by atoms with E-state index in [9.17, 15) is 9.59 Å². The molecule has 0 aromatic carbocycles. The molecule has 0 atom stereocenters. The minimum atomic E-state index is -0.425. The van der Waals surface area contributed by atoms with Gasteiger partial charge in [-0.3, -0.25) is 4.79 Å². The summed E-state index contributed by atoms with van der Waals surface area (Å²) in [7, 11) is 1.65. The van der Waals surface area contributed by atoms with Gasteiger partial charge < -0.3 is 14.0 Å². The van der Waals surface area contributed by atoms with Crippen LogP contribution in [-0.2, 0) is 16.6 Å². The first-order valence-corrected chi connectivity index (χ1v) is 4.99. The monoisotopic (exact) mass is 225 g/mol. The maximum absolute atomic E-state index is 11.5. The second kappa shape index (κ2) is 4.83. The molecule has 0 aliphatic heterocycles. The minimum Gasteiger partial charge on any atom is -0.461 e. The molecule has 0 bridgehead atoms. The summed E-state index contributed by atoms with van der Waals surface area (Å²) in [5, 5.41) is 0. The summed E-state index contributed by atoms with van der Waals surface area (Å²) in [6, 6.07) is 1.64. The van der Waals surface area contributed by atoms with Gasteiger partial charge in [0.2, 0.25) is 5.88 Å². The lowest BCUT2D eigenvalue weighted by Gasteiger charge is -2.06. The van der Waals surface area contributed by atoms with Crippen molar-refractivity contribution in [2.24, 2.45) is 7.05 Å². The minimum absolute atomic E-state index is 0.311. The van der Waals surface area contributed by atoms with Crippen molar-refractivity contribution >= 4 is 11.9 Å². The van der Waals surface area contributed by atoms with Crippen molar-refractivity contribution in [3.05, 3.63) is 17.3 Å². The van der Waals surface area contributed by atoms with Gasteiger partial charge in [-0.05, 0) is 19.9 Å². The molecular formula is C11H15NO4. The zero-order chi connectivity index (χ0) is 12.3. The van der Waals surface area contributed by atoms with Crippen LogP contribution in [0.5, 0.6) is 5.88 Å². The van der Waals surface area contributed by atoms with Crippen LogP contribution in [0.4, 0.5) is 0 Å². The van der Waals surface area contributed by atoms with Crippen LogP contribution in [0, 0.1) is 6.92 Å². The SMILES string of the molecule is CCOC(=O)c1cc(C)c(OC(C)=O)n1C. The van der Waals surface area contributed by atoms with Crippen molar-refractivity contribution < 1.29 is 19.1 Å². The Morgan fingerprint density at radius 3 is 2.56 bits per heavy atom. The zero-order valence-corrected chi connectivity index (χ0v) is 9.86. The topological polar surface area (TPSA) is 57.5 Å². The normalized spacial score (nSPS) is 10.0. The molecule has 0 amide bonds. The van der Waals surface area contributed by atoms with E-state index in [1.807, 2.05) is 0 Å². The van der Waals surface area contributed by atoms with Gasteiger partial charge in [-0.15, -0.1) is 0 Å². The van der Waals surface area contributed by atoms with Crippen LogP contribution in [0.15, 0.2) is 6.07 Å². The second-order valence-corrected chi connectivity index (χ2v) is 3.39. The van der Waals surface area contributed by atoms with Gasteiger partial charge in [-0.1, -0.05) is 0 Å². The number of rotatable bonds is 3. The van der Waals surface area contributed by atoms with Crippen molar-refractivity contribution in [2.45, 2.75) is 20.8 Å². The van der Waals surface area contributed by atoms with E-state index in [1.165, 1.54) is 11.5 Å². The quantitative estimate of drug-likeness (QED) is 0.730. The first-order valence-electron chi connectivity index (χ1n) is 4.99. The van der Waals surface area contributed by atoms with Gasteiger partial charge >= 0.3 is 11.9 Å². The number of aromatic nitrogens is 1. The number of carbonyl (C=O) groups excluding carboxylic acids is 2. The van der Waals surface area contributed by atoms with E-state index in [0.29, 0.717) is 18.2 Å². The average Bonchev–Trinajstić information content (AvgIpc) is 2.45. The molecule has 1 aromatic rings. The summed E-state index contributed by atoms with van der Waals surface area (Å²) in [6.45, 7) is 5.13. The number of aryl methyl sites for hydroxylation is 1. The molecule has 0 aliphatic rings. The molecule has 0 saturated carbocycles. The summed E-state index contributed by atoms with van der Waals surface area (Å²) in [5.41, 5.74) is 1.09. The molecule has 0 fully saturated rings. The molecule has 1 rings (SSSR count). The Kier molecular flexibility index (Phi) is 3.71. The molecule has 1 heterocycles. The van der Waals surface area contributed by atoms with Crippen LogP contribution >= 0.6 is 0 Å². The van der Waals surface area contributed by atoms with Gasteiger partial charge in [-0.25, -0.2) is 4.79 Å². The third kappa shape index (κ3) is 2.42. The first kappa shape index (κ1) is 12.3. The summed E-state index contributed by atoms with van der Waals surface area (Å²) >= 11 is 0. The highest BCUT2D eigenvalue weighted by atomic mass is 16.5. The fourth-order valence-corrected chi connectivity index (χ4v) is 1.42. The van der Waals surface area contributed by atoms with Gasteiger partial charge in [0.05, 0.1) is 6.61 Å². The Morgan fingerprint density at radius 1 is 1.44 bits per heavy atom. The maximum Gasteiger partial charge on any atom is 0.355 e. The Hall–Kier alpha value is -1.78. The molecule has 88 valence electrons. The Bertz CT molecular complexity index is 420.